The summed E-state index contributed by atoms with van der Waals surface area (Å²) in [4.78, 5) is 37.8. The minimum Gasteiger partial charge on any atom is -0.480 e. The molecule has 2 aromatic carbocycles. The van der Waals surface area contributed by atoms with Gasteiger partial charge in [-0.1, -0.05) is 55.5 Å². The molecule has 4 rings (SSSR count). The molecule has 0 radical (unpaired) electrons. The molecule has 34 heavy (non-hydrogen) atoms. The van der Waals surface area contributed by atoms with E-state index in [0.29, 0.717) is 6.54 Å². The molecule has 2 aromatic rings. The van der Waals surface area contributed by atoms with Crippen LogP contribution in [-0.4, -0.2) is 64.9 Å². The fraction of sp³-hybridized carbons (Fsp3) is 0.423. The average Bonchev–Trinajstić information content (AvgIpc) is 3.14. The molecule has 0 spiro atoms. The van der Waals surface area contributed by atoms with E-state index in [1.807, 2.05) is 43.3 Å². The number of fused-ring (bicyclic) bond motifs is 3. The normalized spacial score (nSPS) is 20.2. The summed E-state index contributed by atoms with van der Waals surface area (Å²) < 4.78 is 5.44. The predicted molar refractivity (Wildman–Crippen MR) is 125 cm³/mol. The van der Waals surface area contributed by atoms with Crippen LogP contribution < -0.4 is 5.32 Å². The van der Waals surface area contributed by atoms with Crippen molar-refractivity contribution < 1.29 is 29.3 Å². The number of aliphatic hydroxyl groups excluding tert-OH is 1. The van der Waals surface area contributed by atoms with E-state index in [9.17, 15) is 24.6 Å². The summed E-state index contributed by atoms with van der Waals surface area (Å²) in [6.45, 7) is 2.16. The maximum absolute atomic E-state index is 12.6. The molecule has 1 saturated heterocycles. The molecule has 1 aliphatic heterocycles. The number of nitrogens with one attached hydrogen (secondary N) is 1. The van der Waals surface area contributed by atoms with Crippen molar-refractivity contribution in [3.8, 4) is 11.1 Å². The molecule has 1 fully saturated rings. The maximum atomic E-state index is 12.6. The third kappa shape index (κ3) is 4.92. The molecule has 1 aliphatic carbocycles. The zero-order valence-corrected chi connectivity index (χ0v) is 19.1. The van der Waals surface area contributed by atoms with Crippen molar-refractivity contribution in [3.63, 3.8) is 0 Å². The zero-order chi connectivity index (χ0) is 24.2. The van der Waals surface area contributed by atoms with Gasteiger partial charge in [0, 0.05) is 19.0 Å². The lowest BCUT2D eigenvalue weighted by molar-refractivity contribution is -0.155. The first kappa shape index (κ1) is 23.8. The van der Waals surface area contributed by atoms with Gasteiger partial charge >= 0.3 is 12.1 Å². The number of carbonyl (C=O) groups excluding carboxylic acids is 2. The number of carboxylic acid groups (broad SMARTS) is 1. The smallest absolute Gasteiger partial charge is 0.407 e. The van der Waals surface area contributed by atoms with E-state index in [2.05, 4.69) is 17.4 Å². The van der Waals surface area contributed by atoms with Gasteiger partial charge in [-0.05, 0) is 41.0 Å². The number of benzene rings is 2. The number of carbonyl (C=O) groups is 3. The first-order valence-corrected chi connectivity index (χ1v) is 11.7. The van der Waals surface area contributed by atoms with Gasteiger partial charge in [0.1, 0.15) is 12.6 Å². The first-order chi connectivity index (χ1) is 16.4. The van der Waals surface area contributed by atoms with E-state index in [-0.39, 0.29) is 31.4 Å². The van der Waals surface area contributed by atoms with Crippen LogP contribution in [0.15, 0.2) is 48.5 Å². The Morgan fingerprint density at radius 3 is 2.32 bits per heavy atom. The number of carboxylic acids is 1. The molecule has 2 aliphatic rings. The number of aliphatic hydroxyl groups is 1. The molecular weight excluding hydrogens is 436 g/mol. The second-order valence-electron chi connectivity index (χ2n) is 9.05. The molecule has 3 atom stereocenters. The average molecular weight is 467 g/mol. The number of piperidine rings is 1. The van der Waals surface area contributed by atoms with Crippen molar-refractivity contribution in [1.82, 2.24) is 10.2 Å². The number of nitrogens with zero attached hydrogens (tertiary/aromatic N) is 1. The van der Waals surface area contributed by atoms with Crippen molar-refractivity contribution in [3.05, 3.63) is 59.7 Å². The van der Waals surface area contributed by atoms with Gasteiger partial charge in [-0.25, -0.2) is 9.59 Å². The Balaban J connectivity index is 1.28. The number of ether oxygens (including phenoxy) is 1. The summed E-state index contributed by atoms with van der Waals surface area (Å²) in [7, 11) is 0. The van der Waals surface area contributed by atoms with Crippen molar-refractivity contribution >= 4 is 18.0 Å². The van der Waals surface area contributed by atoms with Gasteiger partial charge in [-0.3, -0.25) is 4.79 Å². The van der Waals surface area contributed by atoms with Crippen LogP contribution in [0.3, 0.4) is 0 Å². The summed E-state index contributed by atoms with van der Waals surface area (Å²) in [5.74, 6) is -1.68. The predicted octanol–water partition coefficient (Wildman–Crippen LogP) is 2.99. The standard InChI is InChI=1S/C26H30N2O6/c1-16-7-6-12-28(24(16)25(31)32)23(30)13-17(29)14-27-26(33)34-15-22-20-10-4-2-8-18(20)19-9-3-5-11-21(19)22/h2-5,8-11,16-17,22,24,29H,6-7,12-15H2,1H3,(H,27,33)(H,31,32). The maximum Gasteiger partial charge on any atom is 0.407 e. The number of likely N-dealkylation sites (tertiary alicyclic amines) is 1. The third-order valence-electron chi connectivity index (χ3n) is 6.74. The fourth-order valence-electron chi connectivity index (χ4n) is 5.09. The monoisotopic (exact) mass is 466 g/mol. The van der Waals surface area contributed by atoms with Crippen LogP contribution in [0.5, 0.6) is 0 Å². The quantitative estimate of drug-likeness (QED) is 0.578. The van der Waals surface area contributed by atoms with E-state index < -0.39 is 30.1 Å². The fourth-order valence-corrected chi connectivity index (χ4v) is 5.09. The highest BCUT2D eigenvalue weighted by Crippen LogP contribution is 2.44. The van der Waals surface area contributed by atoms with Crippen LogP contribution in [0.1, 0.15) is 43.2 Å². The van der Waals surface area contributed by atoms with Crippen molar-refractivity contribution in [2.75, 3.05) is 19.7 Å². The van der Waals surface area contributed by atoms with E-state index in [1.165, 1.54) is 4.90 Å². The van der Waals surface area contributed by atoms with E-state index in [0.717, 1.165) is 35.1 Å². The Bertz CT molecular complexity index is 1030. The number of alkyl carbamates (subject to hydrolysis) is 1. The van der Waals surface area contributed by atoms with Crippen LogP contribution >= 0.6 is 0 Å². The molecule has 0 aromatic heterocycles. The molecular formula is C26H30N2O6. The largest absolute Gasteiger partial charge is 0.480 e. The second kappa shape index (κ2) is 10.3. The Morgan fingerprint density at radius 2 is 1.71 bits per heavy atom. The van der Waals surface area contributed by atoms with E-state index in [4.69, 9.17) is 4.74 Å². The Hall–Kier alpha value is -3.39. The lowest BCUT2D eigenvalue weighted by Crippen LogP contribution is -2.52. The van der Waals surface area contributed by atoms with Gasteiger partial charge < -0.3 is 25.2 Å². The topological polar surface area (TPSA) is 116 Å². The number of aliphatic carboxylic acids is 1. The summed E-state index contributed by atoms with van der Waals surface area (Å²) in [6.07, 6.45) is -0.611. The molecule has 3 unspecified atom stereocenters. The summed E-state index contributed by atoms with van der Waals surface area (Å²) >= 11 is 0. The number of hydrogen-bond acceptors (Lipinski definition) is 5. The van der Waals surface area contributed by atoms with Gasteiger partial charge in [0.2, 0.25) is 5.91 Å². The van der Waals surface area contributed by atoms with Crippen LogP contribution in [0.25, 0.3) is 11.1 Å². The highest BCUT2D eigenvalue weighted by Gasteiger charge is 2.37. The van der Waals surface area contributed by atoms with Gasteiger partial charge in [-0.15, -0.1) is 0 Å². The highest BCUT2D eigenvalue weighted by atomic mass is 16.5. The number of amides is 2. The number of rotatable bonds is 7. The number of hydrogen-bond donors (Lipinski definition) is 3. The molecule has 8 heteroatoms. The van der Waals surface area contributed by atoms with E-state index in [1.54, 1.807) is 0 Å². The van der Waals surface area contributed by atoms with Crippen molar-refractivity contribution in [1.29, 1.82) is 0 Å². The van der Waals surface area contributed by atoms with Crippen molar-refractivity contribution in [2.24, 2.45) is 5.92 Å². The minimum atomic E-state index is -1.14. The van der Waals surface area contributed by atoms with Gasteiger partial charge in [0.05, 0.1) is 12.5 Å². The lowest BCUT2D eigenvalue weighted by atomic mass is 9.90. The SMILES string of the molecule is CC1CCCN(C(=O)CC(O)CNC(=O)OCC2c3ccccc3-c3ccccc32)C1C(=O)O. The van der Waals surface area contributed by atoms with Gasteiger partial charge in [0.15, 0.2) is 0 Å². The summed E-state index contributed by atoms with van der Waals surface area (Å²) in [6, 6.07) is 15.2. The van der Waals surface area contributed by atoms with Crippen molar-refractivity contribution in [2.45, 2.75) is 44.2 Å². The molecule has 1 heterocycles. The first-order valence-electron chi connectivity index (χ1n) is 11.7. The van der Waals surface area contributed by atoms with E-state index >= 15 is 0 Å². The minimum absolute atomic E-state index is 0.0707. The third-order valence-corrected chi connectivity index (χ3v) is 6.74. The Morgan fingerprint density at radius 1 is 1.09 bits per heavy atom. The highest BCUT2D eigenvalue weighted by molar-refractivity contribution is 5.84. The molecule has 3 N–H and O–H groups in total. The van der Waals surface area contributed by atoms with Crippen LogP contribution in [0.4, 0.5) is 4.79 Å². The van der Waals surface area contributed by atoms with Gasteiger partial charge in [-0.2, -0.15) is 0 Å². The molecule has 0 saturated carbocycles. The molecule has 2 amide bonds. The molecule has 8 nitrogen and oxygen atoms in total. The second-order valence-corrected chi connectivity index (χ2v) is 9.05. The lowest BCUT2D eigenvalue weighted by Gasteiger charge is -2.37. The Labute approximate surface area is 198 Å². The van der Waals surface area contributed by atoms with Crippen LogP contribution in [0.2, 0.25) is 0 Å². The summed E-state index contributed by atoms with van der Waals surface area (Å²) in [5.41, 5.74) is 4.47. The Kier molecular flexibility index (Phi) is 7.17. The van der Waals surface area contributed by atoms with Crippen LogP contribution in [0, 0.1) is 5.92 Å². The van der Waals surface area contributed by atoms with Gasteiger partial charge in [0.25, 0.3) is 0 Å². The molecule has 180 valence electrons. The van der Waals surface area contributed by atoms with Crippen LogP contribution in [-0.2, 0) is 14.3 Å². The summed E-state index contributed by atoms with van der Waals surface area (Å²) in [5, 5.41) is 22.3. The molecule has 0 bridgehead atoms. The zero-order valence-electron chi connectivity index (χ0n) is 19.1.